The minimum absolute atomic E-state index is 0.250. The fourth-order valence-corrected chi connectivity index (χ4v) is 2.43. The molecule has 0 rings (SSSR count). The Hall–Kier alpha value is 2.35. The van der Waals surface area contributed by atoms with Crippen LogP contribution in [0.25, 0.3) is 0 Å². The summed E-state index contributed by atoms with van der Waals surface area (Å²) in [5.41, 5.74) is -0.250. The molecule has 0 aliphatic heterocycles. The Morgan fingerprint density at radius 2 is 0.929 bits per heavy atom. The maximum absolute atomic E-state index is 5.52. The Labute approximate surface area is 126 Å². The third-order valence-corrected chi connectivity index (χ3v) is 2.47. The van der Waals surface area contributed by atoms with Crippen LogP contribution in [0.5, 0.6) is 0 Å². The third kappa shape index (κ3) is 6.83. The van der Waals surface area contributed by atoms with Crippen LogP contribution in [0.2, 0.25) is 0 Å². The summed E-state index contributed by atoms with van der Waals surface area (Å²) in [6.45, 7) is 0. The standard InChI is InChI=1S/C5HCl9/c6-3(7,8)1-2(4(9,10)11)5(12,13)14/h1H. The highest BCUT2D eigenvalue weighted by atomic mass is 35.6. The first-order valence-corrected chi connectivity index (χ1v) is 6.18. The first-order chi connectivity index (χ1) is 5.84. The number of halogens is 9. The summed E-state index contributed by atoms with van der Waals surface area (Å²) in [4.78, 5) is 0. The second kappa shape index (κ2) is 5.33. The third-order valence-electron chi connectivity index (χ3n) is 0.919. The monoisotopic (exact) mass is 376 g/mol. The van der Waals surface area contributed by atoms with Gasteiger partial charge in [0.15, 0.2) is 0 Å². The van der Waals surface area contributed by atoms with Crippen LogP contribution in [-0.2, 0) is 0 Å². The fraction of sp³-hybridized carbons (Fsp3) is 0.600. The molecular weight excluding hydrogens is 379 g/mol. The van der Waals surface area contributed by atoms with E-state index in [1.165, 1.54) is 0 Å². The van der Waals surface area contributed by atoms with Gasteiger partial charge in [-0.15, -0.1) is 0 Å². The summed E-state index contributed by atoms with van der Waals surface area (Å²) in [5.74, 6) is 0. The first-order valence-electron chi connectivity index (χ1n) is 2.78. The molecule has 9 heteroatoms. The van der Waals surface area contributed by atoms with Gasteiger partial charge in [0.1, 0.15) is 0 Å². The fourth-order valence-electron chi connectivity index (χ4n) is 0.488. The van der Waals surface area contributed by atoms with Gasteiger partial charge in [0.2, 0.25) is 11.4 Å². The maximum Gasteiger partial charge on any atom is 0.216 e. The van der Waals surface area contributed by atoms with Crippen LogP contribution < -0.4 is 0 Å². The van der Waals surface area contributed by atoms with Crippen molar-refractivity contribution >= 4 is 104 Å². The van der Waals surface area contributed by atoms with Gasteiger partial charge in [-0.1, -0.05) is 104 Å². The highest BCUT2D eigenvalue weighted by Crippen LogP contribution is 2.49. The molecule has 0 bridgehead atoms. The topological polar surface area (TPSA) is 0 Å². The van der Waals surface area contributed by atoms with Crippen LogP contribution in [0, 0.1) is 0 Å². The normalized spacial score (nSPS) is 14.1. The molecular formula is C5HCl9. The molecule has 14 heavy (non-hydrogen) atoms. The van der Waals surface area contributed by atoms with Gasteiger partial charge in [-0.05, 0) is 6.08 Å². The molecule has 0 radical (unpaired) electrons. The molecule has 0 nitrogen and oxygen atoms in total. The van der Waals surface area contributed by atoms with Gasteiger partial charge in [-0.2, -0.15) is 0 Å². The molecule has 84 valence electrons. The number of hydrogen-bond donors (Lipinski definition) is 0. The first kappa shape index (κ1) is 16.4. The average molecular weight is 380 g/mol. The number of rotatable bonds is 0. The van der Waals surface area contributed by atoms with Crippen molar-refractivity contribution in [1.29, 1.82) is 0 Å². The molecule has 0 amide bonds. The van der Waals surface area contributed by atoms with Gasteiger partial charge in [0.25, 0.3) is 0 Å². The zero-order chi connectivity index (χ0) is 11.8. The SMILES string of the molecule is ClC(Cl)(Cl)C=C(C(Cl)(Cl)Cl)C(Cl)(Cl)Cl. The number of allylic oxidation sites excluding steroid dienone is 2. The summed E-state index contributed by atoms with van der Waals surface area (Å²) in [5, 5.41) is 0. The lowest BCUT2D eigenvalue weighted by atomic mass is 10.3. The second-order valence-electron chi connectivity index (χ2n) is 2.10. The summed E-state index contributed by atoms with van der Waals surface area (Å²) < 4.78 is -5.74. The van der Waals surface area contributed by atoms with Crippen molar-refractivity contribution in [1.82, 2.24) is 0 Å². The lowest BCUT2D eigenvalue weighted by Gasteiger charge is -2.24. The van der Waals surface area contributed by atoms with E-state index in [1.54, 1.807) is 0 Å². The summed E-state index contributed by atoms with van der Waals surface area (Å²) >= 11 is 49.5. The molecule has 0 atom stereocenters. The van der Waals surface area contributed by atoms with E-state index in [4.69, 9.17) is 104 Å². The van der Waals surface area contributed by atoms with E-state index in [0.717, 1.165) is 6.08 Å². The van der Waals surface area contributed by atoms with E-state index in [-0.39, 0.29) is 5.57 Å². The Morgan fingerprint density at radius 1 is 0.643 bits per heavy atom. The van der Waals surface area contributed by atoms with Crippen molar-refractivity contribution in [3.8, 4) is 0 Å². The summed E-state index contributed by atoms with van der Waals surface area (Å²) in [6, 6.07) is 0. The Morgan fingerprint density at radius 3 is 1.00 bits per heavy atom. The van der Waals surface area contributed by atoms with Crippen LogP contribution >= 0.6 is 104 Å². The van der Waals surface area contributed by atoms with Gasteiger partial charge in [0.05, 0.1) is 0 Å². The van der Waals surface area contributed by atoms with Crippen LogP contribution in [0.3, 0.4) is 0 Å². The minimum Gasteiger partial charge on any atom is -0.0791 e. The van der Waals surface area contributed by atoms with E-state index in [0.29, 0.717) is 0 Å². The van der Waals surface area contributed by atoms with Crippen LogP contribution in [0.15, 0.2) is 11.6 Å². The maximum atomic E-state index is 5.52. The van der Waals surface area contributed by atoms with E-state index in [2.05, 4.69) is 0 Å². The quantitative estimate of drug-likeness (QED) is 0.356. The van der Waals surface area contributed by atoms with Crippen LogP contribution in [-0.4, -0.2) is 11.4 Å². The Kier molecular flexibility index (Phi) is 6.23. The number of alkyl halides is 9. The average Bonchev–Trinajstić information content (AvgIpc) is 1.75. The molecule has 0 N–H and O–H groups in total. The largest absolute Gasteiger partial charge is 0.216 e. The Bertz CT molecular complexity index is 207. The smallest absolute Gasteiger partial charge is 0.0791 e. The van der Waals surface area contributed by atoms with E-state index < -0.39 is 11.4 Å². The minimum atomic E-state index is -1.96. The van der Waals surface area contributed by atoms with E-state index in [9.17, 15) is 0 Å². The van der Waals surface area contributed by atoms with Crippen molar-refractivity contribution in [2.45, 2.75) is 11.4 Å². The molecule has 0 aliphatic carbocycles. The Balaban J connectivity index is 5.26. The van der Waals surface area contributed by atoms with Crippen molar-refractivity contribution < 1.29 is 0 Å². The summed E-state index contributed by atoms with van der Waals surface area (Å²) in [7, 11) is 0. The van der Waals surface area contributed by atoms with E-state index in [1.807, 2.05) is 0 Å². The van der Waals surface area contributed by atoms with Crippen LogP contribution in [0.1, 0.15) is 0 Å². The molecule has 0 aliphatic rings. The van der Waals surface area contributed by atoms with Crippen molar-refractivity contribution in [3.63, 3.8) is 0 Å². The van der Waals surface area contributed by atoms with Gasteiger partial charge < -0.3 is 0 Å². The molecule has 0 fully saturated rings. The van der Waals surface area contributed by atoms with Crippen molar-refractivity contribution in [2.24, 2.45) is 0 Å². The predicted octanol–water partition coefficient (Wildman–Crippen LogP) is 6.02. The lowest BCUT2D eigenvalue weighted by Crippen LogP contribution is -2.22. The lowest BCUT2D eigenvalue weighted by molar-refractivity contribution is 1.12. The van der Waals surface area contributed by atoms with Crippen molar-refractivity contribution in [3.05, 3.63) is 11.6 Å². The van der Waals surface area contributed by atoms with Gasteiger partial charge in [0, 0.05) is 5.57 Å². The molecule has 0 saturated carbocycles. The zero-order valence-electron chi connectivity index (χ0n) is 5.98. The molecule has 0 unspecified atom stereocenters. The summed E-state index contributed by atoms with van der Waals surface area (Å²) in [6.07, 6.45) is 0.942. The predicted molar refractivity (Wildman–Crippen MR) is 69.0 cm³/mol. The van der Waals surface area contributed by atoms with E-state index >= 15 is 0 Å². The molecule has 0 aromatic rings. The van der Waals surface area contributed by atoms with Crippen LogP contribution in [0.4, 0.5) is 0 Å². The van der Waals surface area contributed by atoms with Crippen molar-refractivity contribution in [2.75, 3.05) is 0 Å². The van der Waals surface area contributed by atoms with Gasteiger partial charge >= 0.3 is 0 Å². The number of hydrogen-bond acceptors (Lipinski definition) is 0. The zero-order valence-corrected chi connectivity index (χ0v) is 12.8. The highest BCUT2D eigenvalue weighted by Gasteiger charge is 2.42. The molecule has 0 saturated heterocycles. The molecule has 0 spiro atoms. The molecule has 0 heterocycles. The van der Waals surface area contributed by atoms with Gasteiger partial charge in [-0.3, -0.25) is 0 Å². The molecule has 0 aromatic carbocycles. The van der Waals surface area contributed by atoms with Gasteiger partial charge in [-0.25, -0.2) is 0 Å². The highest BCUT2D eigenvalue weighted by molar-refractivity contribution is 6.76. The second-order valence-corrected chi connectivity index (χ2v) is 9.03. The molecule has 0 aromatic heterocycles.